The van der Waals surface area contributed by atoms with E-state index in [0.717, 1.165) is 25.3 Å². The molecule has 3 nitrogen and oxygen atoms in total. The third-order valence-corrected chi connectivity index (χ3v) is 3.98. The first kappa shape index (κ1) is 11.7. The van der Waals surface area contributed by atoms with Crippen molar-refractivity contribution in [2.45, 2.75) is 38.9 Å². The van der Waals surface area contributed by atoms with E-state index in [1.54, 1.807) is 0 Å². The molecule has 0 spiro atoms. The molecule has 1 aromatic rings. The number of nitrogens with one attached hydrogen (secondary N) is 1. The van der Waals surface area contributed by atoms with E-state index in [2.05, 4.69) is 49.3 Å². The lowest BCUT2D eigenvalue weighted by Gasteiger charge is -2.40. The first-order valence-corrected chi connectivity index (χ1v) is 6.67. The van der Waals surface area contributed by atoms with Crippen LogP contribution in [0.4, 0.5) is 0 Å². The van der Waals surface area contributed by atoms with Crippen LogP contribution in [0.5, 0.6) is 0 Å². The Balaban J connectivity index is 2.15. The summed E-state index contributed by atoms with van der Waals surface area (Å²) in [5, 5.41) is 3.37. The average molecular weight is 244 g/mol. The van der Waals surface area contributed by atoms with Gasteiger partial charge in [-0.3, -0.25) is 4.99 Å². The van der Waals surface area contributed by atoms with Gasteiger partial charge in [0.1, 0.15) is 11.4 Å². The molecule has 1 aromatic carbocycles. The predicted molar refractivity (Wildman–Crippen MR) is 73.1 cm³/mol. The third kappa shape index (κ3) is 1.65. The van der Waals surface area contributed by atoms with Gasteiger partial charge in [-0.2, -0.15) is 0 Å². The van der Waals surface area contributed by atoms with Crippen LogP contribution < -0.4 is 5.32 Å². The Kier molecular flexibility index (Phi) is 2.67. The minimum absolute atomic E-state index is 0.230. The number of hydrogen-bond acceptors (Lipinski definition) is 3. The second kappa shape index (κ2) is 4.09. The molecule has 3 heteroatoms. The van der Waals surface area contributed by atoms with Crippen molar-refractivity contribution >= 4 is 5.84 Å². The van der Waals surface area contributed by atoms with E-state index in [4.69, 9.17) is 4.74 Å². The monoisotopic (exact) mass is 244 g/mol. The van der Waals surface area contributed by atoms with Crippen LogP contribution in [0.1, 0.15) is 30.5 Å². The number of rotatable bonds is 1. The quantitative estimate of drug-likeness (QED) is 0.821. The molecular weight excluding hydrogens is 224 g/mol. The molecule has 0 aromatic heterocycles. The molecule has 1 N–H and O–H groups in total. The molecule has 2 aliphatic heterocycles. The fourth-order valence-electron chi connectivity index (χ4n) is 3.12. The molecule has 1 unspecified atom stereocenters. The Labute approximate surface area is 108 Å². The zero-order chi connectivity index (χ0) is 12.8. The van der Waals surface area contributed by atoms with Gasteiger partial charge in [0.05, 0.1) is 12.6 Å². The van der Waals surface area contributed by atoms with Crippen molar-refractivity contribution < 1.29 is 4.74 Å². The summed E-state index contributed by atoms with van der Waals surface area (Å²) in [4.78, 5) is 4.57. The summed E-state index contributed by atoms with van der Waals surface area (Å²) in [5.74, 6) is 0.987. The number of amidine groups is 1. The van der Waals surface area contributed by atoms with Gasteiger partial charge in [-0.05, 0) is 43.9 Å². The third-order valence-electron chi connectivity index (χ3n) is 3.98. The molecule has 18 heavy (non-hydrogen) atoms. The fourth-order valence-corrected chi connectivity index (χ4v) is 3.12. The van der Waals surface area contributed by atoms with Crippen LogP contribution in [0.15, 0.2) is 23.2 Å². The van der Waals surface area contributed by atoms with E-state index in [1.165, 1.54) is 16.7 Å². The number of hydrogen-bond donors (Lipinski definition) is 1. The van der Waals surface area contributed by atoms with Crippen molar-refractivity contribution in [2.75, 3.05) is 13.1 Å². The Hall–Kier alpha value is -1.35. The van der Waals surface area contributed by atoms with E-state index in [1.807, 2.05) is 0 Å². The number of nitrogens with zero attached hydrogens (tertiary/aromatic N) is 1. The van der Waals surface area contributed by atoms with Gasteiger partial charge in [-0.15, -0.1) is 0 Å². The normalized spacial score (nSPS) is 30.6. The van der Waals surface area contributed by atoms with E-state index < -0.39 is 5.60 Å². The zero-order valence-electron chi connectivity index (χ0n) is 11.3. The van der Waals surface area contributed by atoms with Crippen LogP contribution in [0, 0.1) is 6.92 Å². The van der Waals surface area contributed by atoms with Crippen molar-refractivity contribution in [3.63, 3.8) is 0 Å². The van der Waals surface area contributed by atoms with Crippen LogP contribution >= 0.6 is 0 Å². The summed E-state index contributed by atoms with van der Waals surface area (Å²) in [7, 11) is 0. The number of fused-ring (bicyclic) bond motifs is 1. The molecule has 0 radical (unpaired) electrons. The molecular formula is C15H20N2O. The van der Waals surface area contributed by atoms with Gasteiger partial charge in [-0.25, -0.2) is 0 Å². The van der Waals surface area contributed by atoms with Crippen LogP contribution in [-0.4, -0.2) is 25.0 Å². The first-order chi connectivity index (χ1) is 8.61. The van der Waals surface area contributed by atoms with Gasteiger partial charge in [0.25, 0.3) is 0 Å². The minimum Gasteiger partial charge on any atom is -0.369 e. The van der Waals surface area contributed by atoms with Gasteiger partial charge in [0.2, 0.25) is 0 Å². The Bertz CT molecular complexity index is 509. The average Bonchev–Trinajstić information content (AvgIpc) is 2.85. The SMILES string of the molecule is Cc1cccc2c1C[C@@H](C)OC2(C)C1=NCCN1. The van der Waals surface area contributed by atoms with E-state index in [9.17, 15) is 0 Å². The first-order valence-electron chi connectivity index (χ1n) is 6.67. The Morgan fingerprint density at radius 1 is 1.44 bits per heavy atom. The lowest BCUT2D eigenvalue weighted by molar-refractivity contribution is -0.0474. The smallest absolute Gasteiger partial charge is 0.148 e. The molecule has 2 atom stereocenters. The molecule has 0 aliphatic carbocycles. The van der Waals surface area contributed by atoms with Crippen LogP contribution in [-0.2, 0) is 16.8 Å². The van der Waals surface area contributed by atoms with Crippen molar-refractivity contribution in [2.24, 2.45) is 4.99 Å². The van der Waals surface area contributed by atoms with Crippen molar-refractivity contribution in [1.82, 2.24) is 5.32 Å². The molecule has 0 fully saturated rings. The highest BCUT2D eigenvalue weighted by Crippen LogP contribution is 2.38. The standard InChI is InChI=1S/C15H20N2O/c1-10-5-4-6-13-12(10)9-11(2)18-15(13,3)14-16-7-8-17-14/h4-6,11H,7-9H2,1-3H3,(H,16,17)/t11-,15?/m1/s1. The van der Waals surface area contributed by atoms with E-state index in [-0.39, 0.29) is 6.10 Å². The summed E-state index contributed by atoms with van der Waals surface area (Å²) in [6, 6.07) is 6.47. The summed E-state index contributed by atoms with van der Waals surface area (Å²) in [6.07, 6.45) is 1.22. The van der Waals surface area contributed by atoms with Crippen LogP contribution in [0.2, 0.25) is 0 Å². The largest absolute Gasteiger partial charge is 0.369 e. The Morgan fingerprint density at radius 3 is 3.00 bits per heavy atom. The van der Waals surface area contributed by atoms with Crippen molar-refractivity contribution in [3.05, 3.63) is 34.9 Å². The Morgan fingerprint density at radius 2 is 2.28 bits per heavy atom. The van der Waals surface area contributed by atoms with Gasteiger partial charge in [0.15, 0.2) is 0 Å². The highest BCUT2D eigenvalue weighted by molar-refractivity contribution is 5.93. The molecule has 2 heterocycles. The number of aryl methyl sites for hydroxylation is 1. The highest BCUT2D eigenvalue weighted by atomic mass is 16.5. The van der Waals surface area contributed by atoms with Crippen molar-refractivity contribution in [3.8, 4) is 0 Å². The number of benzene rings is 1. The maximum Gasteiger partial charge on any atom is 0.148 e. The molecule has 96 valence electrons. The van der Waals surface area contributed by atoms with Crippen LogP contribution in [0.25, 0.3) is 0 Å². The number of aliphatic imine (C=N–C) groups is 1. The van der Waals surface area contributed by atoms with Gasteiger partial charge in [-0.1, -0.05) is 18.2 Å². The second-order valence-corrected chi connectivity index (χ2v) is 5.42. The zero-order valence-corrected chi connectivity index (χ0v) is 11.3. The molecule has 0 amide bonds. The molecule has 0 saturated heterocycles. The summed E-state index contributed by atoms with van der Waals surface area (Å²) in [6.45, 7) is 8.23. The van der Waals surface area contributed by atoms with Gasteiger partial charge < -0.3 is 10.1 Å². The second-order valence-electron chi connectivity index (χ2n) is 5.42. The minimum atomic E-state index is -0.407. The maximum atomic E-state index is 6.25. The lowest BCUT2D eigenvalue weighted by atomic mass is 9.83. The maximum absolute atomic E-state index is 6.25. The van der Waals surface area contributed by atoms with Gasteiger partial charge >= 0.3 is 0 Å². The molecule has 0 bridgehead atoms. The highest BCUT2D eigenvalue weighted by Gasteiger charge is 2.41. The van der Waals surface area contributed by atoms with Crippen molar-refractivity contribution in [1.29, 1.82) is 0 Å². The lowest BCUT2D eigenvalue weighted by Crippen LogP contribution is -2.47. The molecule has 2 aliphatic rings. The van der Waals surface area contributed by atoms with E-state index >= 15 is 0 Å². The number of ether oxygens (including phenoxy) is 1. The summed E-state index contributed by atoms with van der Waals surface area (Å²) < 4.78 is 6.25. The van der Waals surface area contributed by atoms with Crippen LogP contribution in [0.3, 0.4) is 0 Å². The summed E-state index contributed by atoms with van der Waals surface area (Å²) in [5.41, 5.74) is 3.64. The van der Waals surface area contributed by atoms with E-state index in [0.29, 0.717) is 0 Å². The van der Waals surface area contributed by atoms with Gasteiger partial charge in [0, 0.05) is 6.54 Å². The predicted octanol–water partition coefficient (Wildman–Crippen LogP) is 2.17. The summed E-state index contributed by atoms with van der Waals surface area (Å²) >= 11 is 0. The molecule has 3 rings (SSSR count). The molecule has 0 saturated carbocycles. The topological polar surface area (TPSA) is 33.6 Å². The fraction of sp³-hybridized carbons (Fsp3) is 0.533.